The standard InChI is InChI=1S/C23H28FN3O4S/c1-2-19-9-6-11-26(19)12-10-18-13-20(24)23(27-15-22(28)25-32(27,29)30)21(14-18)31-16-17-7-4-3-5-8-17/h3-5,7-8,13-14,19H,2,6,9-12,15-16H2,1H3,(H,25,28). The summed E-state index contributed by atoms with van der Waals surface area (Å²) in [5, 5.41) is 0. The van der Waals surface area contributed by atoms with Crippen LogP contribution in [0, 0.1) is 5.82 Å². The predicted octanol–water partition coefficient (Wildman–Crippen LogP) is 3.00. The molecule has 0 saturated carbocycles. The number of benzene rings is 2. The van der Waals surface area contributed by atoms with Crippen LogP contribution in [0.1, 0.15) is 37.3 Å². The van der Waals surface area contributed by atoms with Gasteiger partial charge in [-0.2, -0.15) is 8.42 Å². The average Bonchev–Trinajstić information content (AvgIpc) is 3.33. The summed E-state index contributed by atoms with van der Waals surface area (Å²) >= 11 is 0. The summed E-state index contributed by atoms with van der Waals surface area (Å²) < 4.78 is 48.5. The van der Waals surface area contributed by atoms with Crippen molar-refractivity contribution >= 4 is 21.8 Å². The summed E-state index contributed by atoms with van der Waals surface area (Å²) in [6.07, 6.45) is 4.07. The number of anilines is 1. The monoisotopic (exact) mass is 461 g/mol. The van der Waals surface area contributed by atoms with Gasteiger partial charge >= 0.3 is 10.2 Å². The Bertz CT molecular complexity index is 1080. The zero-order chi connectivity index (χ0) is 22.7. The Hall–Kier alpha value is -2.65. The van der Waals surface area contributed by atoms with Gasteiger partial charge in [0.2, 0.25) is 0 Å². The van der Waals surface area contributed by atoms with Gasteiger partial charge in [0, 0.05) is 12.6 Å². The third kappa shape index (κ3) is 4.88. The van der Waals surface area contributed by atoms with E-state index in [0.717, 1.165) is 34.9 Å². The van der Waals surface area contributed by atoms with Crippen molar-refractivity contribution in [1.29, 1.82) is 0 Å². The molecular weight excluding hydrogens is 433 g/mol. The molecule has 2 fully saturated rings. The second-order valence-electron chi connectivity index (χ2n) is 8.23. The number of amides is 1. The molecule has 2 saturated heterocycles. The van der Waals surface area contributed by atoms with Crippen molar-refractivity contribution in [3.8, 4) is 5.75 Å². The van der Waals surface area contributed by atoms with E-state index >= 15 is 4.39 Å². The summed E-state index contributed by atoms with van der Waals surface area (Å²) in [5.74, 6) is -1.32. The van der Waals surface area contributed by atoms with Crippen LogP contribution < -0.4 is 13.8 Å². The highest BCUT2D eigenvalue weighted by atomic mass is 32.2. The molecular formula is C23H28FN3O4S. The summed E-state index contributed by atoms with van der Waals surface area (Å²) in [6.45, 7) is 3.69. The van der Waals surface area contributed by atoms with Crippen LogP contribution in [0.5, 0.6) is 5.75 Å². The lowest BCUT2D eigenvalue weighted by molar-refractivity contribution is -0.117. The first-order valence-corrected chi connectivity index (χ1v) is 12.4. The minimum absolute atomic E-state index is 0.109. The summed E-state index contributed by atoms with van der Waals surface area (Å²) in [6, 6.07) is 12.9. The van der Waals surface area contributed by atoms with E-state index in [9.17, 15) is 13.2 Å². The second-order valence-corrected chi connectivity index (χ2v) is 9.82. The molecule has 1 unspecified atom stereocenters. The van der Waals surface area contributed by atoms with Gasteiger partial charge in [-0.05, 0) is 55.5 Å². The number of rotatable bonds is 8. The van der Waals surface area contributed by atoms with Gasteiger partial charge < -0.3 is 9.64 Å². The van der Waals surface area contributed by atoms with Gasteiger partial charge in [0.05, 0.1) is 0 Å². The van der Waals surface area contributed by atoms with E-state index in [1.807, 2.05) is 35.1 Å². The molecule has 0 aliphatic carbocycles. The SMILES string of the molecule is CCC1CCCN1CCc1cc(F)c(N2CC(=O)NS2(=O)=O)c(OCc2ccccc2)c1. The number of carbonyl (C=O) groups is 1. The second kappa shape index (κ2) is 9.46. The molecule has 0 aromatic heterocycles. The maximum atomic E-state index is 15.3. The molecule has 0 radical (unpaired) electrons. The Labute approximate surface area is 188 Å². The van der Waals surface area contributed by atoms with Crippen LogP contribution >= 0.6 is 0 Å². The minimum atomic E-state index is -4.16. The number of ether oxygens (including phenoxy) is 1. The molecule has 2 aliphatic rings. The molecule has 1 N–H and O–H groups in total. The quantitative estimate of drug-likeness (QED) is 0.654. The lowest BCUT2D eigenvalue weighted by Gasteiger charge is -2.24. The van der Waals surface area contributed by atoms with Gasteiger partial charge in [0.25, 0.3) is 5.91 Å². The average molecular weight is 462 g/mol. The first kappa shape index (κ1) is 22.5. The van der Waals surface area contributed by atoms with E-state index < -0.39 is 28.5 Å². The number of likely N-dealkylation sites (tertiary alicyclic amines) is 1. The number of halogens is 1. The van der Waals surface area contributed by atoms with Crippen molar-refractivity contribution in [2.75, 3.05) is 23.9 Å². The highest BCUT2D eigenvalue weighted by molar-refractivity contribution is 7.92. The van der Waals surface area contributed by atoms with Crippen LogP contribution in [-0.4, -0.2) is 44.9 Å². The molecule has 7 nitrogen and oxygen atoms in total. The zero-order valence-electron chi connectivity index (χ0n) is 18.1. The lowest BCUT2D eigenvalue weighted by atomic mass is 10.1. The third-order valence-corrected chi connectivity index (χ3v) is 7.43. The number of hydrogen-bond acceptors (Lipinski definition) is 5. The fourth-order valence-electron chi connectivity index (χ4n) is 4.43. The first-order valence-electron chi connectivity index (χ1n) is 10.9. The van der Waals surface area contributed by atoms with Gasteiger partial charge in [-0.15, -0.1) is 0 Å². The van der Waals surface area contributed by atoms with Crippen LogP contribution in [-0.2, 0) is 28.0 Å². The molecule has 1 amide bonds. The normalized spacial score (nSPS) is 20.5. The molecule has 2 aromatic carbocycles. The first-order chi connectivity index (χ1) is 15.4. The zero-order valence-corrected chi connectivity index (χ0v) is 18.9. The van der Waals surface area contributed by atoms with Crippen molar-refractivity contribution in [2.45, 2.75) is 45.3 Å². The van der Waals surface area contributed by atoms with Crippen molar-refractivity contribution < 1.29 is 22.3 Å². The molecule has 32 heavy (non-hydrogen) atoms. The third-order valence-electron chi connectivity index (χ3n) is 6.05. The summed E-state index contributed by atoms with van der Waals surface area (Å²) in [7, 11) is -4.16. The van der Waals surface area contributed by atoms with Gasteiger partial charge in [-0.3, -0.25) is 4.79 Å². The van der Waals surface area contributed by atoms with Crippen LogP contribution in [0.15, 0.2) is 42.5 Å². The fourth-order valence-corrected chi connectivity index (χ4v) is 5.60. The minimum Gasteiger partial charge on any atom is -0.487 e. The van der Waals surface area contributed by atoms with E-state index in [0.29, 0.717) is 12.5 Å². The van der Waals surface area contributed by atoms with E-state index in [2.05, 4.69) is 11.8 Å². The number of hydrogen-bond donors (Lipinski definition) is 1. The van der Waals surface area contributed by atoms with Gasteiger partial charge in [-0.1, -0.05) is 37.3 Å². The highest BCUT2D eigenvalue weighted by Gasteiger charge is 2.38. The van der Waals surface area contributed by atoms with E-state index in [1.165, 1.54) is 18.9 Å². The number of nitrogens with zero attached hydrogens (tertiary/aromatic N) is 2. The molecule has 4 rings (SSSR count). The molecule has 0 bridgehead atoms. The van der Waals surface area contributed by atoms with Crippen LogP contribution in [0.2, 0.25) is 0 Å². The molecule has 2 heterocycles. The number of carbonyl (C=O) groups excluding carboxylic acids is 1. The molecule has 2 aromatic rings. The maximum absolute atomic E-state index is 15.3. The van der Waals surface area contributed by atoms with Crippen molar-refractivity contribution in [3.63, 3.8) is 0 Å². The van der Waals surface area contributed by atoms with Crippen molar-refractivity contribution in [1.82, 2.24) is 9.62 Å². The maximum Gasteiger partial charge on any atom is 0.326 e. The molecule has 9 heteroatoms. The lowest BCUT2D eigenvalue weighted by Crippen LogP contribution is -2.31. The van der Waals surface area contributed by atoms with Gasteiger partial charge in [-0.25, -0.2) is 13.4 Å². The summed E-state index contributed by atoms with van der Waals surface area (Å²) in [4.78, 5) is 14.1. The van der Waals surface area contributed by atoms with E-state index in [4.69, 9.17) is 4.74 Å². The fraction of sp³-hybridized carbons (Fsp3) is 0.435. The van der Waals surface area contributed by atoms with E-state index in [-0.39, 0.29) is 18.0 Å². The predicted molar refractivity (Wildman–Crippen MR) is 120 cm³/mol. The van der Waals surface area contributed by atoms with Gasteiger partial charge in [0.1, 0.15) is 24.6 Å². The van der Waals surface area contributed by atoms with Gasteiger partial charge in [0.15, 0.2) is 5.82 Å². The molecule has 172 valence electrons. The smallest absolute Gasteiger partial charge is 0.326 e. The van der Waals surface area contributed by atoms with Crippen molar-refractivity contribution in [3.05, 3.63) is 59.4 Å². The summed E-state index contributed by atoms with van der Waals surface area (Å²) in [5.41, 5.74) is 1.35. The Morgan fingerprint density at radius 1 is 1.19 bits per heavy atom. The largest absolute Gasteiger partial charge is 0.487 e. The van der Waals surface area contributed by atoms with Crippen LogP contribution in [0.3, 0.4) is 0 Å². The number of nitrogens with one attached hydrogen (secondary N) is 1. The Kier molecular flexibility index (Phi) is 6.66. The Morgan fingerprint density at radius 2 is 1.97 bits per heavy atom. The Balaban J connectivity index is 1.62. The molecule has 1 atom stereocenters. The molecule has 0 spiro atoms. The highest BCUT2D eigenvalue weighted by Crippen LogP contribution is 2.36. The van der Waals surface area contributed by atoms with Crippen LogP contribution in [0.25, 0.3) is 0 Å². The topological polar surface area (TPSA) is 79.0 Å². The van der Waals surface area contributed by atoms with E-state index in [1.54, 1.807) is 6.07 Å². The molecule has 2 aliphatic heterocycles. The Morgan fingerprint density at radius 3 is 2.66 bits per heavy atom. The van der Waals surface area contributed by atoms with Crippen molar-refractivity contribution in [2.24, 2.45) is 0 Å². The van der Waals surface area contributed by atoms with Crippen LogP contribution in [0.4, 0.5) is 10.1 Å².